The van der Waals surface area contributed by atoms with E-state index in [9.17, 15) is 10.1 Å². The van der Waals surface area contributed by atoms with Gasteiger partial charge in [0.2, 0.25) is 0 Å². The van der Waals surface area contributed by atoms with Crippen LogP contribution in [-0.2, 0) is 0 Å². The average Bonchev–Trinajstić information content (AvgIpc) is 2.64. The van der Waals surface area contributed by atoms with Crippen LogP contribution in [0.15, 0.2) is 54.6 Å². The summed E-state index contributed by atoms with van der Waals surface area (Å²) < 4.78 is 0. The molecule has 1 amide bonds. The number of nitrogens with zero attached hydrogens (tertiary/aromatic N) is 3. The molecule has 0 radical (unpaired) electrons. The second-order valence-electron chi connectivity index (χ2n) is 6.08. The zero-order valence-electron chi connectivity index (χ0n) is 13.9. The van der Waals surface area contributed by atoms with E-state index in [0.717, 1.165) is 16.7 Å². The Kier molecular flexibility index (Phi) is 4.93. The summed E-state index contributed by atoms with van der Waals surface area (Å²) in [6, 6.07) is 19.6. The number of nitriles is 1. The summed E-state index contributed by atoms with van der Waals surface area (Å²) in [5, 5.41) is 9.64. The minimum absolute atomic E-state index is 0.0691. The zero-order chi connectivity index (χ0) is 16.9. The summed E-state index contributed by atoms with van der Waals surface area (Å²) in [6.45, 7) is 4.76. The number of rotatable bonds is 3. The van der Waals surface area contributed by atoms with Crippen LogP contribution in [-0.4, -0.2) is 41.9 Å². The highest BCUT2D eigenvalue weighted by molar-refractivity contribution is 5.94. The number of aryl methyl sites for hydroxylation is 1. The fourth-order valence-electron chi connectivity index (χ4n) is 3.19. The monoisotopic (exact) mass is 319 g/mol. The number of amides is 1. The van der Waals surface area contributed by atoms with E-state index in [1.807, 2.05) is 66.4 Å². The van der Waals surface area contributed by atoms with E-state index in [1.54, 1.807) is 0 Å². The van der Waals surface area contributed by atoms with Gasteiger partial charge in [0.25, 0.3) is 5.91 Å². The van der Waals surface area contributed by atoms with Crippen molar-refractivity contribution < 1.29 is 4.79 Å². The molecule has 1 aliphatic rings. The first-order valence-corrected chi connectivity index (χ1v) is 8.24. The van der Waals surface area contributed by atoms with Crippen molar-refractivity contribution in [3.63, 3.8) is 0 Å². The predicted molar refractivity (Wildman–Crippen MR) is 93.5 cm³/mol. The first kappa shape index (κ1) is 16.2. The minimum Gasteiger partial charge on any atom is -0.336 e. The molecule has 3 rings (SSSR count). The molecule has 0 bridgehead atoms. The highest BCUT2D eigenvalue weighted by Gasteiger charge is 2.28. The molecule has 0 saturated carbocycles. The van der Waals surface area contributed by atoms with Crippen LogP contribution in [0.25, 0.3) is 0 Å². The molecule has 0 spiro atoms. The largest absolute Gasteiger partial charge is 0.336 e. The van der Waals surface area contributed by atoms with Crippen molar-refractivity contribution in [3.05, 3.63) is 71.3 Å². The van der Waals surface area contributed by atoms with Gasteiger partial charge in [-0.3, -0.25) is 9.69 Å². The van der Waals surface area contributed by atoms with Crippen LogP contribution < -0.4 is 0 Å². The van der Waals surface area contributed by atoms with Gasteiger partial charge in [-0.2, -0.15) is 5.26 Å². The van der Waals surface area contributed by atoms with Crippen LogP contribution >= 0.6 is 0 Å². The predicted octanol–water partition coefficient (Wildman–Crippen LogP) is 3.02. The summed E-state index contributed by atoms with van der Waals surface area (Å²) >= 11 is 0. The Morgan fingerprint density at radius 1 is 1.00 bits per heavy atom. The Labute approximate surface area is 142 Å². The molecule has 1 unspecified atom stereocenters. The maximum Gasteiger partial charge on any atom is 0.253 e. The molecule has 1 heterocycles. The molecule has 0 aliphatic carbocycles. The third-order valence-corrected chi connectivity index (χ3v) is 4.59. The van der Waals surface area contributed by atoms with Crippen molar-refractivity contribution >= 4 is 5.91 Å². The fourth-order valence-corrected chi connectivity index (χ4v) is 3.19. The van der Waals surface area contributed by atoms with Crippen LogP contribution in [0.5, 0.6) is 0 Å². The Balaban J connectivity index is 1.67. The standard InChI is InChI=1S/C20H21N3O/c1-16-7-5-6-10-18(16)19(15-21)22-11-13-23(14-12-22)20(24)17-8-3-2-4-9-17/h2-10,19H,11-14H2,1H3. The van der Waals surface area contributed by atoms with Gasteiger partial charge in [0, 0.05) is 31.7 Å². The zero-order valence-corrected chi connectivity index (χ0v) is 13.9. The maximum absolute atomic E-state index is 12.5. The topological polar surface area (TPSA) is 47.3 Å². The van der Waals surface area contributed by atoms with Crippen molar-refractivity contribution in [2.75, 3.05) is 26.2 Å². The number of piperazine rings is 1. The molecule has 0 N–H and O–H groups in total. The van der Waals surface area contributed by atoms with Crippen molar-refractivity contribution in [2.45, 2.75) is 13.0 Å². The first-order chi connectivity index (χ1) is 11.7. The normalized spacial score (nSPS) is 16.4. The van der Waals surface area contributed by atoms with E-state index < -0.39 is 0 Å². The van der Waals surface area contributed by atoms with Gasteiger partial charge in [-0.25, -0.2) is 0 Å². The molecule has 1 aliphatic heterocycles. The second-order valence-corrected chi connectivity index (χ2v) is 6.08. The van der Waals surface area contributed by atoms with Gasteiger partial charge in [-0.05, 0) is 30.2 Å². The summed E-state index contributed by atoms with van der Waals surface area (Å²) in [4.78, 5) is 16.5. The lowest BCUT2D eigenvalue weighted by Crippen LogP contribution is -2.49. The molecular formula is C20H21N3O. The third-order valence-electron chi connectivity index (χ3n) is 4.59. The molecule has 1 atom stereocenters. The van der Waals surface area contributed by atoms with Gasteiger partial charge >= 0.3 is 0 Å². The molecule has 122 valence electrons. The summed E-state index contributed by atoms with van der Waals surface area (Å²) in [5.41, 5.74) is 2.91. The highest BCUT2D eigenvalue weighted by atomic mass is 16.2. The average molecular weight is 319 g/mol. The lowest BCUT2D eigenvalue weighted by Gasteiger charge is -2.37. The Hall–Kier alpha value is -2.64. The molecular weight excluding hydrogens is 298 g/mol. The van der Waals surface area contributed by atoms with Crippen molar-refractivity contribution in [1.82, 2.24) is 9.80 Å². The molecule has 2 aromatic rings. The van der Waals surface area contributed by atoms with E-state index in [1.165, 1.54) is 0 Å². The van der Waals surface area contributed by atoms with Crippen LogP contribution in [0.4, 0.5) is 0 Å². The van der Waals surface area contributed by atoms with Crippen LogP contribution in [0, 0.1) is 18.3 Å². The smallest absolute Gasteiger partial charge is 0.253 e. The van der Waals surface area contributed by atoms with Crippen molar-refractivity contribution in [3.8, 4) is 6.07 Å². The summed E-state index contributed by atoms with van der Waals surface area (Å²) in [6.07, 6.45) is 0. The van der Waals surface area contributed by atoms with E-state index in [-0.39, 0.29) is 11.9 Å². The number of benzene rings is 2. The molecule has 24 heavy (non-hydrogen) atoms. The maximum atomic E-state index is 12.5. The SMILES string of the molecule is Cc1ccccc1C(C#N)N1CCN(C(=O)c2ccccc2)CC1. The van der Waals surface area contributed by atoms with Crippen LogP contribution in [0.3, 0.4) is 0 Å². The fraction of sp³-hybridized carbons (Fsp3) is 0.300. The first-order valence-electron chi connectivity index (χ1n) is 8.24. The van der Waals surface area contributed by atoms with Gasteiger partial charge in [-0.1, -0.05) is 42.5 Å². The minimum atomic E-state index is -0.250. The van der Waals surface area contributed by atoms with Crippen LogP contribution in [0.1, 0.15) is 27.5 Å². The van der Waals surface area contributed by atoms with Crippen LogP contribution in [0.2, 0.25) is 0 Å². The van der Waals surface area contributed by atoms with Crippen molar-refractivity contribution in [1.29, 1.82) is 5.26 Å². The molecule has 1 saturated heterocycles. The second kappa shape index (κ2) is 7.29. The number of carbonyl (C=O) groups is 1. The number of hydrogen-bond donors (Lipinski definition) is 0. The molecule has 4 heteroatoms. The quantitative estimate of drug-likeness (QED) is 0.874. The van der Waals surface area contributed by atoms with E-state index in [2.05, 4.69) is 11.0 Å². The molecule has 4 nitrogen and oxygen atoms in total. The van der Waals surface area contributed by atoms with Gasteiger partial charge in [-0.15, -0.1) is 0 Å². The summed E-state index contributed by atoms with van der Waals surface area (Å²) in [7, 11) is 0. The van der Waals surface area contributed by atoms with Gasteiger partial charge in [0.05, 0.1) is 6.07 Å². The molecule has 1 fully saturated rings. The Morgan fingerprint density at radius 3 is 2.25 bits per heavy atom. The van der Waals surface area contributed by atoms with Gasteiger partial charge < -0.3 is 4.90 Å². The molecule has 2 aromatic carbocycles. The van der Waals surface area contributed by atoms with Gasteiger partial charge in [0.15, 0.2) is 0 Å². The van der Waals surface area contributed by atoms with Gasteiger partial charge in [0.1, 0.15) is 6.04 Å². The molecule has 0 aromatic heterocycles. The highest BCUT2D eigenvalue weighted by Crippen LogP contribution is 2.24. The number of carbonyl (C=O) groups excluding carboxylic acids is 1. The lowest BCUT2D eigenvalue weighted by atomic mass is 10.0. The Morgan fingerprint density at radius 2 is 1.62 bits per heavy atom. The summed E-state index contributed by atoms with van der Waals surface area (Å²) in [5.74, 6) is 0.0691. The van der Waals surface area contributed by atoms with E-state index in [4.69, 9.17) is 0 Å². The van der Waals surface area contributed by atoms with E-state index in [0.29, 0.717) is 26.2 Å². The van der Waals surface area contributed by atoms with E-state index >= 15 is 0 Å². The third kappa shape index (κ3) is 3.32. The lowest BCUT2D eigenvalue weighted by molar-refractivity contribution is 0.0606. The Bertz CT molecular complexity index is 743. The van der Waals surface area contributed by atoms with Crippen molar-refractivity contribution in [2.24, 2.45) is 0 Å². The number of hydrogen-bond acceptors (Lipinski definition) is 3.